The Bertz CT molecular complexity index is 1170. The third-order valence-electron chi connectivity index (χ3n) is 5.76. The van der Waals surface area contributed by atoms with Crippen LogP contribution in [0.4, 0.5) is 0 Å². The van der Waals surface area contributed by atoms with Gasteiger partial charge in [0.1, 0.15) is 23.0 Å². The Hall–Kier alpha value is -3.40. The molecule has 4 nitrogen and oxygen atoms in total. The molecule has 1 aliphatic rings. The van der Waals surface area contributed by atoms with E-state index >= 15 is 0 Å². The van der Waals surface area contributed by atoms with Crippen molar-refractivity contribution in [2.24, 2.45) is 0 Å². The van der Waals surface area contributed by atoms with Crippen LogP contribution in [0.2, 0.25) is 0 Å². The summed E-state index contributed by atoms with van der Waals surface area (Å²) < 4.78 is 12.1. The van der Waals surface area contributed by atoms with Gasteiger partial charge in [-0.05, 0) is 13.8 Å². The fourth-order valence-corrected chi connectivity index (χ4v) is 4.48. The zero-order chi connectivity index (χ0) is 21.4. The van der Waals surface area contributed by atoms with Crippen molar-refractivity contribution in [3.63, 3.8) is 0 Å². The van der Waals surface area contributed by atoms with E-state index < -0.39 is 0 Å². The number of ether oxygens (including phenoxy) is 2. The number of aromatic hydroxyl groups is 2. The Morgan fingerprint density at radius 1 is 0.767 bits per heavy atom. The molecule has 0 unspecified atom stereocenters. The van der Waals surface area contributed by atoms with Crippen LogP contribution < -0.4 is 9.47 Å². The topological polar surface area (TPSA) is 58.9 Å². The van der Waals surface area contributed by atoms with Crippen LogP contribution in [-0.2, 0) is 12.8 Å². The molecule has 4 rings (SSSR count). The summed E-state index contributed by atoms with van der Waals surface area (Å²) in [4.78, 5) is 0. The molecule has 0 saturated carbocycles. The van der Waals surface area contributed by atoms with Crippen LogP contribution in [0.15, 0.2) is 37.4 Å². The van der Waals surface area contributed by atoms with E-state index in [4.69, 9.17) is 9.47 Å². The fourth-order valence-electron chi connectivity index (χ4n) is 4.48. The van der Waals surface area contributed by atoms with Gasteiger partial charge in [0.2, 0.25) is 0 Å². The van der Waals surface area contributed by atoms with Crippen LogP contribution >= 0.6 is 0 Å². The zero-order valence-electron chi connectivity index (χ0n) is 17.4. The molecule has 0 aromatic heterocycles. The van der Waals surface area contributed by atoms with Crippen molar-refractivity contribution in [2.45, 2.75) is 26.7 Å². The largest absolute Gasteiger partial charge is 0.507 e. The molecule has 30 heavy (non-hydrogen) atoms. The number of rotatable bonds is 6. The average molecular weight is 402 g/mol. The van der Waals surface area contributed by atoms with Gasteiger partial charge in [-0.3, -0.25) is 0 Å². The number of hydrogen-bond donors (Lipinski definition) is 2. The van der Waals surface area contributed by atoms with Crippen molar-refractivity contribution >= 4 is 22.9 Å². The van der Waals surface area contributed by atoms with Gasteiger partial charge in [-0.2, -0.15) is 0 Å². The summed E-state index contributed by atoms with van der Waals surface area (Å²) in [7, 11) is 0. The predicted octanol–water partition coefficient (Wildman–Crippen LogP) is 5.83. The second kappa shape index (κ2) is 7.79. The summed E-state index contributed by atoms with van der Waals surface area (Å²) in [6.07, 6.45) is 4.18. The first-order valence-electron chi connectivity index (χ1n) is 10.2. The minimum Gasteiger partial charge on any atom is -0.507 e. The highest BCUT2D eigenvalue weighted by molar-refractivity contribution is 5.96. The molecule has 0 aliphatic heterocycles. The molecule has 3 aromatic carbocycles. The van der Waals surface area contributed by atoms with E-state index in [2.05, 4.69) is 13.2 Å². The second-order valence-electron chi connectivity index (χ2n) is 7.27. The third kappa shape index (κ3) is 2.83. The molecule has 4 heteroatoms. The first kappa shape index (κ1) is 19.9. The van der Waals surface area contributed by atoms with Crippen LogP contribution in [0.3, 0.4) is 0 Å². The quantitative estimate of drug-likeness (QED) is 0.426. The summed E-state index contributed by atoms with van der Waals surface area (Å²) >= 11 is 0. The van der Waals surface area contributed by atoms with Crippen LogP contribution in [0, 0.1) is 0 Å². The highest BCUT2D eigenvalue weighted by Crippen LogP contribution is 2.50. The molecule has 0 radical (unpaired) electrons. The second-order valence-corrected chi connectivity index (χ2v) is 7.27. The number of fused-ring (bicyclic) bond motifs is 3. The molecule has 3 aromatic rings. The number of benzene rings is 3. The van der Waals surface area contributed by atoms with Gasteiger partial charge in [-0.1, -0.05) is 49.6 Å². The Balaban J connectivity index is 2.06. The normalized spacial score (nSPS) is 12.2. The SMILES string of the molecule is C=Cc1c(O)c2c(c(OCC)c1C=C)Cc1c(c(O)c3ccccc3c1OCC)C2. The average Bonchev–Trinajstić information content (AvgIpc) is 2.77. The maximum absolute atomic E-state index is 11.1. The lowest BCUT2D eigenvalue weighted by atomic mass is 9.80. The molecular formula is C26H26O4. The van der Waals surface area contributed by atoms with Crippen molar-refractivity contribution in [1.29, 1.82) is 0 Å². The molecule has 0 saturated heterocycles. The van der Waals surface area contributed by atoms with Gasteiger partial charge in [0.15, 0.2) is 0 Å². The van der Waals surface area contributed by atoms with Crippen molar-refractivity contribution in [3.8, 4) is 23.0 Å². The Kier molecular flexibility index (Phi) is 5.17. The molecule has 2 N–H and O–H groups in total. The number of phenols is 2. The van der Waals surface area contributed by atoms with Crippen LogP contribution in [-0.4, -0.2) is 23.4 Å². The van der Waals surface area contributed by atoms with Gasteiger partial charge in [-0.15, -0.1) is 0 Å². The van der Waals surface area contributed by atoms with Gasteiger partial charge < -0.3 is 19.7 Å². The molecule has 0 atom stereocenters. The summed E-state index contributed by atoms with van der Waals surface area (Å²) in [5, 5.41) is 23.8. The summed E-state index contributed by atoms with van der Waals surface area (Å²) in [6, 6.07) is 7.70. The Morgan fingerprint density at radius 3 is 1.93 bits per heavy atom. The maximum Gasteiger partial charge on any atom is 0.131 e. The van der Waals surface area contributed by atoms with E-state index in [1.165, 1.54) is 0 Å². The molecule has 1 aliphatic carbocycles. The van der Waals surface area contributed by atoms with Crippen molar-refractivity contribution in [3.05, 3.63) is 70.8 Å². The zero-order valence-corrected chi connectivity index (χ0v) is 17.4. The maximum atomic E-state index is 11.1. The predicted molar refractivity (Wildman–Crippen MR) is 122 cm³/mol. The van der Waals surface area contributed by atoms with Crippen LogP contribution in [0.25, 0.3) is 22.9 Å². The number of hydrogen-bond acceptors (Lipinski definition) is 4. The lowest BCUT2D eigenvalue weighted by Crippen LogP contribution is -2.14. The lowest BCUT2D eigenvalue weighted by Gasteiger charge is -2.29. The number of phenolic OH excluding ortho intramolecular Hbond substituents is 2. The summed E-state index contributed by atoms with van der Waals surface area (Å²) in [5.41, 5.74) is 4.69. The van der Waals surface area contributed by atoms with Gasteiger partial charge in [0.05, 0.1) is 13.2 Å². The van der Waals surface area contributed by atoms with E-state index in [-0.39, 0.29) is 11.5 Å². The summed E-state index contributed by atoms with van der Waals surface area (Å²) in [6.45, 7) is 12.7. The molecular weight excluding hydrogens is 376 g/mol. The third-order valence-corrected chi connectivity index (χ3v) is 5.76. The van der Waals surface area contributed by atoms with E-state index in [0.717, 1.165) is 44.3 Å². The summed E-state index contributed by atoms with van der Waals surface area (Å²) in [5.74, 6) is 1.88. The van der Waals surface area contributed by atoms with Gasteiger partial charge in [0.25, 0.3) is 0 Å². The smallest absolute Gasteiger partial charge is 0.131 e. The molecule has 0 fully saturated rings. The molecule has 0 heterocycles. The highest BCUT2D eigenvalue weighted by Gasteiger charge is 2.31. The minimum atomic E-state index is 0.162. The molecule has 0 bridgehead atoms. The van der Waals surface area contributed by atoms with Gasteiger partial charge in [-0.25, -0.2) is 0 Å². The molecule has 154 valence electrons. The first-order chi connectivity index (χ1) is 14.6. The lowest BCUT2D eigenvalue weighted by molar-refractivity contribution is 0.331. The fraction of sp³-hybridized carbons (Fsp3) is 0.231. The molecule has 0 spiro atoms. The Morgan fingerprint density at radius 2 is 1.30 bits per heavy atom. The van der Waals surface area contributed by atoms with Crippen molar-refractivity contribution in [2.75, 3.05) is 13.2 Å². The van der Waals surface area contributed by atoms with Crippen LogP contribution in [0.5, 0.6) is 23.0 Å². The van der Waals surface area contributed by atoms with Crippen molar-refractivity contribution < 1.29 is 19.7 Å². The van der Waals surface area contributed by atoms with Gasteiger partial charge in [0, 0.05) is 57.0 Å². The van der Waals surface area contributed by atoms with Gasteiger partial charge >= 0.3 is 0 Å². The van der Waals surface area contributed by atoms with Crippen molar-refractivity contribution in [1.82, 2.24) is 0 Å². The van der Waals surface area contributed by atoms with E-state index in [1.54, 1.807) is 12.2 Å². The van der Waals surface area contributed by atoms with Crippen LogP contribution in [0.1, 0.15) is 47.2 Å². The van der Waals surface area contributed by atoms with E-state index in [1.807, 2.05) is 38.1 Å². The monoisotopic (exact) mass is 402 g/mol. The molecule has 0 amide bonds. The first-order valence-corrected chi connectivity index (χ1v) is 10.2. The van der Waals surface area contributed by atoms with E-state index in [9.17, 15) is 10.2 Å². The Labute approximate surface area is 176 Å². The highest BCUT2D eigenvalue weighted by atomic mass is 16.5. The van der Waals surface area contributed by atoms with E-state index in [0.29, 0.717) is 37.4 Å². The standard InChI is InChI=1S/C26H26O4/c1-5-15-16(6-2)25(29-7-3)21-14-22-20(13-19(21)23(15)27)24(28)17-11-9-10-12-18(17)26(22)30-8-4/h5-6,9-12,27-28H,1-2,7-8,13-14H2,3-4H3. The minimum absolute atomic E-state index is 0.162.